The van der Waals surface area contributed by atoms with Gasteiger partial charge in [-0.2, -0.15) is 0 Å². The third-order valence-corrected chi connectivity index (χ3v) is 4.03. The van der Waals surface area contributed by atoms with Gasteiger partial charge in [-0.05, 0) is 41.8 Å². The van der Waals surface area contributed by atoms with Gasteiger partial charge in [0.05, 0.1) is 5.52 Å². The number of fused-ring (bicyclic) bond motifs is 1. The number of benzene rings is 2. The number of pyridine rings is 1. The number of hydrogen-bond donors (Lipinski definition) is 1. The second kappa shape index (κ2) is 5.92. The fraction of sp³-hybridized carbons (Fsp3) is 0.118. The van der Waals surface area contributed by atoms with Crippen molar-refractivity contribution in [1.29, 1.82) is 0 Å². The molecule has 0 amide bonds. The second-order valence-corrected chi connectivity index (χ2v) is 5.88. The molecular weight excluding hydrogens is 331 g/mol. The Morgan fingerprint density at radius 2 is 1.95 bits per heavy atom. The number of halogens is 2. The van der Waals surface area contributed by atoms with Crippen LogP contribution in [0.15, 0.2) is 59.2 Å². The molecule has 0 bridgehead atoms. The lowest BCUT2D eigenvalue weighted by atomic mass is 9.96. The summed E-state index contributed by atoms with van der Waals surface area (Å²) in [5.74, 6) is -0.238. The summed E-state index contributed by atoms with van der Waals surface area (Å²) in [6, 6.07) is 14.5. The molecule has 0 fully saturated rings. The quantitative estimate of drug-likeness (QED) is 0.765. The third kappa shape index (κ3) is 2.96. The van der Waals surface area contributed by atoms with Gasteiger partial charge in [0.15, 0.2) is 0 Å². The summed E-state index contributed by atoms with van der Waals surface area (Å²) < 4.78 is 14.7. The van der Waals surface area contributed by atoms with Gasteiger partial charge in [-0.15, -0.1) is 0 Å². The van der Waals surface area contributed by atoms with Gasteiger partial charge >= 0.3 is 0 Å². The largest absolute Gasteiger partial charge is 0.324 e. The normalized spacial score (nSPS) is 12.5. The fourth-order valence-corrected chi connectivity index (χ4v) is 2.81. The summed E-state index contributed by atoms with van der Waals surface area (Å²) in [6.45, 7) is 0. The van der Waals surface area contributed by atoms with Crippen molar-refractivity contribution < 1.29 is 4.39 Å². The molecule has 0 saturated heterocycles. The van der Waals surface area contributed by atoms with E-state index in [4.69, 9.17) is 5.73 Å². The molecule has 0 spiro atoms. The van der Waals surface area contributed by atoms with Gasteiger partial charge in [-0.1, -0.05) is 40.2 Å². The first kappa shape index (κ1) is 14.2. The van der Waals surface area contributed by atoms with Crippen molar-refractivity contribution in [3.63, 3.8) is 0 Å². The summed E-state index contributed by atoms with van der Waals surface area (Å²) in [4.78, 5) is 4.32. The number of nitrogens with two attached hydrogens (primary N) is 1. The minimum atomic E-state index is -0.270. The molecule has 2 aromatic carbocycles. The van der Waals surface area contributed by atoms with E-state index in [1.54, 1.807) is 12.3 Å². The van der Waals surface area contributed by atoms with Crippen molar-refractivity contribution in [2.45, 2.75) is 12.5 Å². The first-order chi connectivity index (χ1) is 10.1. The van der Waals surface area contributed by atoms with Crippen LogP contribution in [0, 0.1) is 5.82 Å². The standard InChI is InChI=1S/C17H14BrFN2/c18-12-6-5-11(15(19)10-12)9-16(20)13-7-8-21-17-4-2-1-3-14(13)17/h1-8,10,16H,9,20H2. The molecule has 0 saturated carbocycles. The summed E-state index contributed by atoms with van der Waals surface area (Å²) in [5.41, 5.74) is 8.80. The second-order valence-electron chi connectivity index (χ2n) is 4.96. The van der Waals surface area contributed by atoms with Crippen LogP contribution in [-0.4, -0.2) is 4.98 Å². The van der Waals surface area contributed by atoms with Crippen LogP contribution in [0.4, 0.5) is 4.39 Å². The van der Waals surface area contributed by atoms with Gasteiger partial charge in [0.25, 0.3) is 0 Å². The van der Waals surface area contributed by atoms with Gasteiger partial charge < -0.3 is 5.73 Å². The summed E-state index contributed by atoms with van der Waals surface area (Å²) in [6.07, 6.45) is 2.20. The maximum absolute atomic E-state index is 13.9. The molecule has 1 atom stereocenters. The topological polar surface area (TPSA) is 38.9 Å². The van der Waals surface area contributed by atoms with E-state index in [1.165, 1.54) is 6.07 Å². The van der Waals surface area contributed by atoms with Gasteiger partial charge in [0, 0.05) is 22.1 Å². The van der Waals surface area contributed by atoms with Gasteiger partial charge in [0.2, 0.25) is 0 Å². The number of hydrogen-bond acceptors (Lipinski definition) is 2. The third-order valence-electron chi connectivity index (χ3n) is 3.54. The average molecular weight is 345 g/mol. The first-order valence-corrected chi connectivity index (χ1v) is 7.47. The predicted molar refractivity (Wildman–Crippen MR) is 86.5 cm³/mol. The molecule has 3 aromatic rings. The Kier molecular flexibility index (Phi) is 3.99. The highest BCUT2D eigenvalue weighted by molar-refractivity contribution is 9.10. The zero-order valence-electron chi connectivity index (χ0n) is 11.3. The molecule has 0 radical (unpaired) electrons. The van der Waals surface area contributed by atoms with Crippen LogP contribution >= 0.6 is 15.9 Å². The molecule has 0 aliphatic carbocycles. The van der Waals surface area contributed by atoms with Gasteiger partial charge in [-0.25, -0.2) is 4.39 Å². The van der Waals surface area contributed by atoms with Gasteiger partial charge in [0.1, 0.15) is 5.82 Å². The monoisotopic (exact) mass is 344 g/mol. The molecule has 1 unspecified atom stereocenters. The molecule has 106 valence electrons. The predicted octanol–water partition coefficient (Wildman–Crippen LogP) is 4.38. The van der Waals surface area contributed by atoms with Crippen molar-refractivity contribution in [3.8, 4) is 0 Å². The zero-order valence-corrected chi connectivity index (χ0v) is 12.8. The van der Waals surface area contributed by atoms with Crippen LogP contribution in [0.3, 0.4) is 0 Å². The molecule has 4 heteroatoms. The van der Waals surface area contributed by atoms with Crippen molar-refractivity contribution in [2.75, 3.05) is 0 Å². The van der Waals surface area contributed by atoms with Crippen LogP contribution in [0.1, 0.15) is 17.2 Å². The smallest absolute Gasteiger partial charge is 0.127 e. The van der Waals surface area contributed by atoms with Crippen LogP contribution < -0.4 is 5.73 Å². The molecule has 2 nitrogen and oxygen atoms in total. The Morgan fingerprint density at radius 3 is 2.76 bits per heavy atom. The molecule has 2 N–H and O–H groups in total. The van der Waals surface area contributed by atoms with Crippen molar-refractivity contribution in [1.82, 2.24) is 4.98 Å². The number of aromatic nitrogens is 1. The van der Waals surface area contributed by atoms with E-state index in [0.717, 1.165) is 20.9 Å². The highest BCUT2D eigenvalue weighted by Gasteiger charge is 2.13. The molecule has 1 aromatic heterocycles. The summed E-state index contributed by atoms with van der Waals surface area (Å²) >= 11 is 3.26. The van der Waals surface area contributed by atoms with E-state index in [9.17, 15) is 4.39 Å². The van der Waals surface area contributed by atoms with E-state index in [0.29, 0.717) is 12.0 Å². The van der Waals surface area contributed by atoms with Crippen LogP contribution in [0.5, 0.6) is 0 Å². The number of nitrogens with zero attached hydrogens (tertiary/aromatic N) is 1. The molecule has 0 aliphatic rings. The van der Waals surface area contributed by atoms with Crippen molar-refractivity contribution >= 4 is 26.8 Å². The molecule has 3 rings (SSSR count). The summed E-state index contributed by atoms with van der Waals surface area (Å²) in [5, 5.41) is 1.02. The SMILES string of the molecule is NC(Cc1ccc(Br)cc1F)c1ccnc2ccccc12. The first-order valence-electron chi connectivity index (χ1n) is 6.68. The molecule has 1 heterocycles. The highest BCUT2D eigenvalue weighted by atomic mass is 79.9. The zero-order chi connectivity index (χ0) is 14.8. The number of rotatable bonds is 3. The average Bonchev–Trinajstić information content (AvgIpc) is 2.49. The Bertz CT molecular complexity index is 783. The van der Waals surface area contributed by atoms with Crippen molar-refractivity contribution in [2.24, 2.45) is 5.73 Å². The Morgan fingerprint density at radius 1 is 1.14 bits per heavy atom. The maximum atomic E-state index is 13.9. The molecule has 21 heavy (non-hydrogen) atoms. The lowest BCUT2D eigenvalue weighted by Crippen LogP contribution is -2.14. The maximum Gasteiger partial charge on any atom is 0.127 e. The Labute approximate surface area is 130 Å². The minimum absolute atomic E-state index is 0.238. The Hall–Kier alpha value is -1.78. The molecule has 0 aliphatic heterocycles. The highest BCUT2D eigenvalue weighted by Crippen LogP contribution is 2.25. The van der Waals surface area contributed by atoms with Crippen molar-refractivity contribution in [3.05, 3.63) is 76.1 Å². The minimum Gasteiger partial charge on any atom is -0.324 e. The van der Waals surface area contributed by atoms with E-state index in [2.05, 4.69) is 20.9 Å². The van der Waals surface area contributed by atoms with E-state index in [-0.39, 0.29) is 11.9 Å². The molecular formula is C17H14BrFN2. The van der Waals surface area contributed by atoms with Crippen LogP contribution in [0.25, 0.3) is 10.9 Å². The Balaban J connectivity index is 1.95. The number of para-hydroxylation sites is 1. The fourth-order valence-electron chi connectivity index (χ4n) is 2.48. The van der Waals surface area contributed by atoms with E-state index >= 15 is 0 Å². The van der Waals surface area contributed by atoms with E-state index in [1.807, 2.05) is 36.4 Å². The lowest BCUT2D eigenvalue weighted by Gasteiger charge is -2.15. The van der Waals surface area contributed by atoms with Crippen LogP contribution in [0.2, 0.25) is 0 Å². The van der Waals surface area contributed by atoms with Crippen LogP contribution in [-0.2, 0) is 6.42 Å². The van der Waals surface area contributed by atoms with E-state index < -0.39 is 0 Å². The van der Waals surface area contributed by atoms with Gasteiger partial charge in [-0.3, -0.25) is 4.98 Å². The lowest BCUT2D eigenvalue weighted by molar-refractivity contribution is 0.593. The summed E-state index contributed by atoms with van der Waals surface area (Å²) in [7, 11) is 0.